The highest BCUT2D eigenvalue weighted by atomic mass is 79.9. The average molecular weight is 203 g/mol. The zero-order chi connectivity index (χ0) is 7.40. The fraction of sp³-hybridized carbons (Fsp3) is 0.778. The van der Waals surface area contributed by atoms with Crippen LogP contribution in [0.1, 0.15) is 39.0 Å². The number of halogens is 1. The molecule has 1 aliphatic rings. The molecular formula is C9H15Br. The molecule has 0 aromatic heterocycles. The van der Waals surface area contributed by atoms with Crippen molar-refractivity contribution in [1.82, 2.24) is 0 Å². The highest BCUT2D eigenvalue weighted by molar-refractivity contribution is 9.11. The summed E-state index contributed by atoms with van der Waals surface area (Å²) in [5.41, 5.74) is 1.49. The van der Waals surface area contributed by atoms with Crippen LogP contribution in [0.4, 0.5) is 0 Å². The molecule has 1 aliphatic carbocycles. The third-order valence-corrected chi connectivity index (χ3v) is 3.05. The second-order valence-electron chi connectivity index (χ2n) is 3.31. The molecule has 0 nitrogen and oxygen atoms in total. The molecule has 0 aromatic rings. The van der Waals surface area contributed by atoms with Gasteiger partial charge in [-0.25, -0.2) is 0 Å². The van der Waals surface area contributed by atoms with Gasteiger partial charge in [0.2, 0.25) is 0 Å². The Hall–Kier alpha value is 0.220. The van der Waals surface area contributed by atoms with Gasteiger partial charge in [-0.1, -0.05) is 47.2 Å². The Morgan fingerprint density at radius 2 is 2.10 bits per heavy atom. The summed E-state index contributed by atoms with van der Waals surface area (Å²) in [5.74, 6) is 0.994. The van der Waals surface area contributed by atoms with Crippen LogP contribution in [0.3, 0.4) is 0 Å². The number of allylic oxidation sites excluding steroid dienone is 1. The Kier molecular flexibility index (Phi) is 3.47. The lowest BCUT2D eigenvalue weighted by atomic mass is 10.0. The van der Waals surface area contributed by atoms with Crippen molar-refractivity contribution in [3.8, 4) is 0 Å². The summed E-state index contributed by atoms with van der Waals surface area (Å²) in [4.78, 5) is 2.06. The smallest absolute Gasteiger partial charge is 0.0200 e. The molecule has 1 fully saturated rings. The zero-order valence-electron chi connectivity index (χ0n) is 6.57. The summed E-state index contributed by atoms with van der Waals surface area (Å²) >= 11 is 3.36. The molecule has 0 spiro atoms. The summed E-state index contributed by atoms with van der Waals surface area (Å²) in [6.07, 6.45) is 7.14. The van der Waals surface area contributed by atoms with Gasteiger partial charge in [0.05, 0.1) is 0 Å². The van der Waals surface area contributed by atoms with Crippen LogP contribution in [0.25, 0.3) is 0 Å². The summed E-state index contributed by atoms with van der Waals surface area (Å²) in [6, 6.07) is 0. The highest BCUT2D eigenvalue weighted by Gasteiger charge is 2.14. The maximum atomic E-state index is 3.36. The van der Waals surface area contributed by atoms with E-state index in [9.17, 15) is 0 Å². The predicted molar refractivity (Wildman–Crippen MR) is 49.3 cm³/mol. The Labute approximate surface area is 71.8 Å². The minimum absolute atomic E-state index is 0.994. The molecule has 0 radical (unpaired) electrons. The van der Waals surface area contributed by atoms with Gasteiger partial charge in [0.25, 0.3) is 0 Å². The number of rotatable bonds is 2. The minimum atomic E-state index is 0.994. The Morgan fingerprint density at radius 3 is 2.60 bits per heavy atom. The number of hydrogen-bond donors (Lipinski definition) is 0. The molecule has 10 heavy (non-hydrogen) atoms. The van der Waals surface area contributed by atoms with Crippen LogP contribution in [0.5, 0.6) is 0 Å². The molecule has 0 bridgehead atoms. The molecule has 0 N–H and O–H groups in total. The molecule has 0 aliphatic heterocycles. The third-order valence-electron chi connectivity index (χ3n) is 2.27. The fourth-order valence-corrected chi connectivity index (χ4v) is 1.90. The van der Waals surface area contributed by atoms with E-state index in [1.165, 1.54) is 37.7 Å². The van der Waals surface area contributed by atoms with Gasteiger partial charge < -0.3 is 0 Å². The quantitative estimate of drug-likeness (QED) is 0.639. The Balaban J connectivity index is 2.24. The first kappa shape index (κ1) is 8.32. The van der Waals surface area contributed by atoms with Gasteiger partial charge >= 0.3 is 0 Å². The molecule has 0 heterocycles. The summed E-state index contributed by atoms with van der Waals surface area (Å²) < 4.78 is 0. The molecule has 0 atom stereocenters. The first-order chi connectivity index (χ1) is 4.83. The van der Waals surface area contributed by atoms with Crippen molar-refractivity contribution in [3.63, 3.8) is 0 Å². The van der Waals surface area contributed by atoms with Gasteiger partial charge in [-0.3, -0.25) is 0 Å². The van der Waals surface area contributed by atoms with Gasteiger partial charge in [-0.15, -0.1) is 0 Å². The van der Waals surface area contributed by atoms with Crippen molar-refractivity contribution in [2.24, 2.45) is 5.92 Å². The van der Waals surface area contributed by atoms with Gasteiger partial charge in [0, 0.05) is 0 Å². The lowest BCUT2D eigenvalue weighted by molar-refractivity contribution is 0.544. The first-order valence-electron chi connectivity index (χ1n) is 4.09. The van der Waals surface area contributed by atoms with E-state index in [1.807, 2.05) is 0 Å². The van der Waals surface area contributed by atoms with Gasteiger partial charge in [0.1, 0.15) is 0 Å². The van der Waals surface area contributed by atoms with Crippen molar-refractivity contribution in [3.05, 3.63) is 10.6 Å². The van der Waals surface area contributed by atoms with E-state index < -0.39 is 0 Å². The van der Waals surface area contributed by atoms with Gasteiger partial charge in [0.15, 0.2) is 0 Å². The standard InChI is InChI=1S/C9H15Br/c1-8(7-10)6-9-4-2-3-5-9/h7,9H,2-6H2,1H3. The van der Waals surface area contributed by atoms with Crippen LogP contribution in [-0.4, -0.2) is 0 Å². The topological polar surface area (TPSA) is 0 Å². The van der Waals surface area contributed by atoms with Crippen molar-refractivity contribution in [2.75, 3.05) is 0 Å². The monoisotopic (exact) mass is 202 g/mol. The lowest BCUT2D eigenvalue weighted by Crippen LogP contribution is -1.92. The third kappa shape index (κ3) is 2.45. The molecule has 0 aromatic carbocycles. The van der Waals surface area contributed by atoms with Gasteiger partial charge in [-0.2, -0.15) is 0 Å². The second-order valence-corrected chi connectivity index (χ2v) is 3.77. The molecule has 0 unspecified atom stereocenters. The minimum Gasteiger partial charge on any atom is -0.0661 e. The van der Waals surface area contributed by atoms with Crippen LogP contribution >= 0.6 is 15.9 Å². The van der Waals surface area contributed by atoms with E-state index in [-0.39, 0.29) is 0 Å². The van der Waals surface area contributed by atoms with Crippen molar-refractivity contribution in [2.45, 2.75) is 39.0 Å². The maximum absolute atomic E-state index is 3.36. The average Bonchev–Trinajstić information content (AvgIpc) is 2.40. The largest absolute Gasteiger partial charge is 0.0661 e. The normalized spacial score (nSPS) is 22.0. The van der Waals surface area contributed by atoms with Crippen molar-refractivity contribution >= 4 is 15.9 Å². The molecule has 58 valence electrons. The fourth-order valence-electron chi connectivity index (χ4n) is 1.71. The lowest BCUT2D eigenvalue weighted by Gasteiger charge is -2.06. The zero-order valence-corrected chi connectivity index (χ0v) is 8.15. The van der Waals surface area contributed by atoms with E-state index in [4.69, 9.17) is 0 Å². The molecular weight excluding hydrogens is 188 g/mol. The van der Waals surface area contributed by atoms with E-state index in [0.29, 0.717) is 0 Å². The Bertz CT molecular complexity index is 121. The van der Waals surface area contributed by atoms with Crippen LogP contribution in [0, 0.1) is 5.92 Å². The first-order valence-corrected chi connectivity index (χ1v) is 5.00. The van der Waals surface area contributed by atoms with E-state index in [0.717, 1.165) is 5.92 Å². The van der Waals surface area contributed by atoms with Gasteiger partial charge in [-0.05, 0) is 24.2 Å². The second kappa shape index (κ2) is 4.17. The predicted octanol–water partition coefficient (Wildman–Crippen LogP) is 3.87. The van der Waals surface area contributed by atoms with Crippen molar-refractivity contribution < 1.29 is 0 Å². The van der Waals surface area contributed by atoms with E-state index in [2.05, 4.69) is 27.8 Å². The summed E-state index contributed by atoms with van der Waals surface area (Å²) in [6.45, 7) is 2.20. The molecule has 0 amide bonds. The molecule has 0 saturated heterocycles. The van der Waals surface area contributed by atoms with Crippen LogP contribution in [-0.2, 0) is 0 Å². The van der Waals surface area contributed by atoms with Crippen LogP contribution in [0.2, 0.25) is 0 Å². The number of hydrogen-bond acceptors (Lipinski definition) is 0. The summed E-state index contributed by atoms with van der Waals surface area (Å²) in [5, 5.41) is 0. The molecule has 1 rings (SSSR count). The van der Waals surface area contributed by atoms with E-state index in [1.54, 1.807) is 0 Å². The maximum Gasteiger partial charge on any atom is -0.0200 e. The van der Waals surface area contributed by atoms with Crippen molar-refractivity contribution in [1.29, 1.82) is 0 Å². The molecule has 1 saturated carbocycles. The highest BCUT2D eigenvalue weighted by Crippen LogP contribution is 2.30. The molecule has 1 heteroatoms. The van der Waals surface area contributed by atoms with Crippen LogP contribution in [0.15, 0.2) is 10.6 Å². The van der Waals surface area contributed by atoms with Crippen LogP contribution < -0.4 is 0 Å². The van der Waals surface area contributed by atoms with E-state index >= 15 is 0 Å². The Morgan fingerprint density at radius 1 is 1.50 bits per heavy atom. The SMILES string of the molecule is CC(=CBr)CC1CCCC1. The summed E-state index contributed by atoms with van der Waals surface area (Å²) in [7, 11) is 0.